The number of aromatic nitrogens is 2. The van der Waals surface area contributed by atoms with E-state index in [1.54, 1.807) is 0 Å². The Bertz CT molecular complexity index is 984. The Labute approximate surface area is 152 Å². The molecule has 2 aromatic heterocycles. The maximum atomic E-state index is 5.97. The van der Waals surface area contributed by atoms with Crippen molar-refractivity contribution in [1.82, 2.24) is 15.0 Å². The van der Waals surface area contributed by atoms with Crippen LogP contribution < -0.4 is 0 Å². The van der Waals surface area contributed by atoms with Gasteiger partial charge in [0.15, 0.2) is 0 Å². The van der Waals surface area contributed by atoms with E-state index in [1.165, 1.54) is 5.56 Å². The van der Waals surface area contributed by atoms with E-state index in [4.69, 9.17) is 8.94 Å². The molecule has 2 aromatic carbocycles. The third-order valence-electron chi connectivity index (χ3n) is 4.68. The highest BCUT2D eigenvalue weighted by Gasteiger charge is 2.19. The Kier molecular flexibility index (Phi) is 4.31. The predicted octanol–water partition coefficient (Wildman–Crippen LogP) is 4.98. The minimum atomic E-state index is 0.0946. The Morgan fingerprint density at radius 1 is 1.08 bits per heavy atom. The number of para-hydroxylation sites is 1. The van der Waals surface area contributed by atoms with Crippen LogP contribution in [0.5, 0.6) is 0 Å². The molecule has 0 aliphatic carbocycles. The number of rotatable bonds is 5. The lowest BCUT2D eigenvalue weighted by Crippen LogP contribution is -2.21. The van der Waals surface area contributed by atoms with Gasteiger partial charge in [0.2, 0.25) is 11.7 Å². The van der Waals surface area contributed by atoms with Crippen LogP contribution in [0.2, 0.25) is 0 Å². The lowest BCUT2D eigenvalue weighted by Gasteiger charge is -2.20. The summed E-state index contributed by atoms with van der Waals surface area (Å²) in [4.78, 5) is 6.65. The molecule has 0 radical (unpaired) electrons. The van der Waals surface area contributed by atoms with E-state index in [1.807, 2.05) is 49.5 Å². The van der Waals surface area contributed by atoms with Gasteiger partial charge in [0.25, 0.3) is 0 Å². The molecule has 4 aromatic rings. The summed E-state index contributed by atoms with van der Waals surface area (Å²) in [7, 11) is 2.02. The maximum Gasteiger partial charge on any atom is 0.241 e. The standard InChI is InChI=1S/C21H21N3O2/c1-14-8-10-16(11-9-14)21-22-20(26-23-21)13-24(3)15(2)19-12-17-6-4-5-7-18(17)25-19/h4-12,15H,13H2,1-3H3. The molecule has 5 heteroatoms. The van der Waals surface area contributed by atoms with E-state index in [0.29, 0.717) is 18.3 Å². The summed E-state index contributed by atoms with van der Waals surface area (Å²) in [6.45, 7) is 4.71. The second kappa shape index (κ2) is 6.77. The van der Waals surface area contributed by atoms with Gasteiger partial charge < -0.3 is 8.94 Å². The summed E-state index contributed by atoms with van der Waals surface area (Å²) in [5.41, 5.74) is 3.07. The first-order chi connectivity index (χ1) is 12.6. The number of hydrogen-bond donors (Lipinski definition) is 0. The molecular formula is C21H21N3O2. The molecule has 1 atom stereocenters. The summed E-state index contributed by atoms with van der Waals surface area (Å²) in [6, 6.07) is 18.3. The molecule has 4 rings (SSSR count). The molecule has 0 saturated heterocycles. The van der Waals surface area contributed by atoms with Gasteiger partial charge in [-0.3, -0.25) is 4.90 Å². The summed E-state index contributed by atoms with van der Waals surface area (Å²) in [5, 5.41) is 5.21. The fraction of sp³-hybridized carbons (Fsp3) is 0.238. The Morgan fingerprint density at radius 2 is 1.85 bits per heavy atom. The maximum absolute atomic E-state index is 5.97. The molecule has 0 spiro atoms. The lowest BCUT2D eigenvalue weighted by molar-refractivity contribution is 0.198. The van der Waals surface area contributed by atoms with Crippen LogP contribution >= 0.6 is 0 Å². The van der Waals surface area contributed by atoms with E-state index in [9.17, 15) is 0 Å². The highest BCUT2D eigenvalue weighted by molar-refractivity contribution is 5.77. The van der Waals surface area contributed by atoms with Crippen LogP contribution in [0.1, 0.15) is 30.2 Å². The van der Waals surface area contributed by atoms with Crippen molar-refractivity contribution < 1.29 is 8.94 Å². The monoisotopic (exact) mass is 347 g/mol. The van der Waals surface area contributed by atoms with Gasteiger partial charge in [-0.25, -0.2) is 0 Å². The molecule has 5 nitrogen and oxygen atoms in total. The average Bonchev–Trinajstić information content (AvgIpc) is 3.28. The fourth-order valence-corrected chi connectivity index (χ4v) is 2.91. The van der Waals surface area contributed by atoms with Crippen LogP contribution in [-0.2, 0) is 6.54 Å². The summed E-state index contributed by atoms with van der Waals surface area (Å²) < 4.78 is 11.4. The van der Waals surface area contributed by atoms with Crippen molar-refractivity contribution in [2.45, 2.75) is 26.4 Å². The van der Waals surface area contributed by atoms with Gasteiger partial charge in [-0.15, -0.1) is 0 Å². The van der Waals surface area contributed by atoms with Crippen molar-refractivity contribution in [2.75, 3.05) is 7.05 Å². The summed E-state index contributed by atoms with van der Waals surface area (Å²) in [5.74, 6) is 2.13. The molecule has 0 bridgehead atoms. The van der Waals surface area contributed by atoms with Crippen LogP contribution in [0.4, 0.5) is 0 Å². The van der Waals surface area contributed by atoms with Crippen molar-refractivity contribution in [3.8, 4) is 11.4 Å². The second-order valence-corrected chi connectivity index (χ2v) is 6.66. The number of benzene rings is 2. The summed E-state index contributed by atoms with van der Waals surface area (Å²) in [6.07, 6.45) is 0. The lowest BCUT2D eigenvalue weighted by atomic mass is 10.1. The minimum absolute atomic E-state index is 0.0946. The number of hydrogen-bond acceptors (Lipinski definition) is 5. The Hall–Kier alpha value is -2.92. The third kappa shape index (κ3) is 3.26. The van der Waals surface area contributed by atoms with Gasteiger partial charge in [0, 0.05) is 10.9 Å². The number of nitrogens with zero attached hydrogens (tertiary/aromatic N) is 3. The first-order valence-corrected chi connectivity index (χ1v) is 8.68. The van der Waals surface area contributed by atoms with Crippen LogP contribution in [-0.4, -0.2) is 22.1 Å². The molecule has 0 fully saturated rings. The zero-order valence-corrected chi connectivity index (χ0v) is 15.1. The SMILES string of the molecule is Cc1ccc(-c2noc(CN(C)C(C)c3cc4ccccc4o3)n2)cc1. The van der Waals surface area contributed by atoms with Crippen molar-refractivity contribution in [1.29, 1.82) is 0 Å². The highest BCUT2D eigenvalue weighted by Crippen LogP contribution is 2.27. The van der Waals surface area contributed by atoms with E-state index in [0.717, 1.165) is 22.3 Å². The number of furan rings is 1. The molecule has 0 N–H and O–H groups in total. The molecule has 132 valence electrons. The molecule has 0 aliphatic heterocycles. The molecule has 1 unspecified atom stereocenters. The predicted molar refractivity (Wildman–Crippen MR) is 101 cm³/mol. The van der Waals surface area contributed by atoms with E-state index >= 15 is 0 Å². The van der Waals surface area contributed by atoms with Gasteiger partial charge in [0.1, 0.15) is 11.3 Å². The normalized spacial score (nSPS) is 12.8. The van der Waals surface area contributed by atoms with Crippen molar-refractivity contribution in [2.24, 2.45) is 0 Å². The minimum Gasteiger partial charge on any atom is -0.459 e. The molecule has 0 aliphatic rings. The first-order valence-electron chi connectivity index (χ1n) is 8.68. The number of fused-ring (bicyclic) bond motifs is 1. The first kappa shape index (κ1) is 16.5. The molecule has 26 heavy (non-hydrogen) atoms. The van der Waals surface area contributed by atoms with Gasteiger partial charge in [-0.05, 0) is 33.0 Å². The van der Waals surface area contributed by atoms with Gasteiger partial charge in [-0.1, -0.05) is 53.2 Å². The van der Waals surface area contributed by atoms with Crippen molar-refractivity contribution in [3.63, 3.8) is 0 Å². The Balaban J connectivity index is 1.49. The van der Waals surface area contributed by atoms with Gasteiger partial charge in [-0.2, -0.15) is 4.98 Å². The average molecular weight is 347 g/mol. The molecule has 0 saturated carbocycles. The van der Waals surface area contributed by atoms with Gasteiger partial charge in [0.05, 0.1) is 12.6 Å². The third-order valence-corrected chi connectivity index (χ3v) is 4.68. The largest absolute Gasteiger partial charge is 0.459 e. The van der Waals surface area contributed by atoms with Crippen LogP contribution in [0.15, 0.2) is 63.5 Å². The quantitative estimate of drug-likeness (QED) is 0.509. The zero-order chi connectivity index (χ0) is 18.1. The van der Waals surface area contributed by atoms with E-state index < -0.39 is 0 Å². The van der Waals surface area contributed by atoms with E-state index in [-0.39, 0.29) is 6.04 Å². The highest BCUT2D eigenvalue weighted by atomic mass is 16.5. The second-order valence-electron chi connectivity index (χ2n) is 6.66. The van der Waals surface area contributed by atoms with E-state index in [2.05, 4.69) is 41.0 Å². The molecular weight excluding hydrogens is 326 g/mol. The summed E-state index contributed by atoms with van der Waals surface area (Å²) >= 11 is 0. The van der Waals surface area contributed by atoms with Gasteiger partial charge >= 0.3 is 0 Å². The molecule has 2 heterocycles. The fourth-order valence-electron chi connectivity index (χ4n) is 2.91. The smallest absolute Gasteiger partial charge is 0.241 e. The van der Waals surface area contributed by atoms with Crippen LogP contribution in [0.25, 0.3) is 22.4 Å². The van der Waals surface area contributed by atoms with Crippen molar-refractivity contribution >= 4 is 11.0 Å². The number of aryl methyl sites for hydroxylation is 1. The topological polar surface area (TPSA) is 55.3 Å². The van der Waals surface area contributed by atoms with Crippen molar-refractivity contribution in [3.05, 3.63) is 71.8 Å². The molecule has 0 amide bonds. The van der Waals surface area contributed by atoms with Crippen LogP contribution in [0.3, 0.4) is 0 Å². The van der Waals surface area contributed by atoms with Crippen LogP contribution in [0, 0.1) is 6.92 Å². The zero-order valence-electron chi connectivity index (χ0n) is 15.1. The Morgan fingerprint density at radius 3 is 2.62 bits per heavy atom.